The summed E-state index contributed by atoms with van der Waals surface area (Å²) in [5.41, 5.74) is 6.31. The Balaban J connectivity index is 1.87. The second-order valence-corrected chi connectivity index (χ2v) is 5.86. The standard InChI is InChI=1S/C19H23FN2O3/c20-16-6-8-18(9-7-16)25-14-17(23)13-22(11-10-19(21)24)12-15-4-2-1-3-5-15/h1-9,17,23H,10-14H2,(H2,21,24)/t17-/m1/s1. The molecule has 6 heteroatoms. The zero-order valence-corrected chi connectivity index (χ0v) is 14.0. The Kier molecular flexibility index (Phi) is 7.37. The lowest BCUT2D eigenvalue weighted by molar-refractivity contribution is -0.118. The van der Waals surface area contributed by atoms with Crippen molar-refractivity contribution in [3.8, 4) is 5.75 Å². The van der Waals surface area contributed by atoms with Gasteiger partial charge in [0.05, 0.1) is 0 Å². The highest BCUT2D eigenvalue weighted by Gasteiger charge is 2.14. The summed E-state index contributed by atoms with van der Waals surface area (Å²) >= 11 is 0. The topological polar surface area (TPSA) is 75.8 Å². The van der Waals surface area contributed by atoms with Crippen molar-refractivity contribution in [3.63, 3.8) is 0 Å². The van der Waals surface area contributed by atoms with E-state index < -0.39 is 6.10 Å². The van der Waals surface area contributed by atoms with Crippen LogP contribution in [-0.4, -0.2) is 41.7 Å². The molecule has 5 nitrogen and oxygen atoms in total. The van der Waals surface area contributed by atoms with Crippen LogP contribution in [0.2, 0.25) is 0 Å². The van der Waals surface area contributed by atoms with Gasteiger partial charge in [-0.15, -0.1) is 0 Å². The lowest BCUT2D eigenvalue weighted by atomic mass is 10.2. The SMILES string of the molecule is NC(=O)CCN(Cc1ccccc1)C[C@@H](O)COc1ccc(F)cc1. The Bertz CT molecular complexity index is 649. The van der Waals surface area contributed by atoms with Crippen LogP contribution in [0, 0.1) is 5.82 Å². The molecular weight excluding hydrogens is 323 g/mol. The smallest absolute Gasteiger partial charge is 0.218 e. The fraction of sp³-hybridized carbons (Fsp3) is 0.316. The molecule has 134 valence electrons. The van der Waals surface area contributed by atoms with Crippen molar-refractivity contribution in [2.75, 3.05) is 19.7 Å². The Morgan fingerprint density at radius 2 is 1.84 bits per heavy atom. The molecule has 2 aromatic rings. The number of nitrogens with zero attached hydrogens (tertiary/aromatic N) is 1. The highest BCUT2D eigenvalue weighted by atomic mass is 19.1. The van der Waals surface area contributed by atoms with E-state index in [2.05, 4.69) is 0 Å². The van der Waals surface area contributed by atoms with Gasteiger partial charge in [0.1, 0.15) is 24.3 Å². The molecule has 2 rings (SSSR count). The number of amides is 1. The fourth-order valence-corrected chi connectivity index (χ4v) is 2.42. The average Bonchev–Trinajstić information content (AvgIpc) is 2.60. The van der Waals surface area contributed by atoms with Gasteiger partial charge >= 0.3 is 0 Å². The Morgan fingerprint density at radius 1 is 1.16 bits per heavy atom. The van der Waals surface area contributed by atoms with Crippen LogP contribution in [-0.2, 0) is 11.3 Å². The molecule has 2 aromatic carbocycles. The molecule has 0 aliphatic heterocycles. The van der Waals surface area contributed by atoms with Crippen LogP contribution >= 0.6 is 0 Å². The molecule has 1 amide bonds. The van der Waals surface area contributed by atoms with Crippen LogP contribution in [0.15, 0.2) is 54.6 Å². The first-order valence-electron chi connectivity index (χ1n) is 8.14. The van der Waals surface area contributed by atoms with Gasteiger partial charge in [-0.1, -0.05) is 30.3 Å². The maximum atomic E-state index is 12.9. The van der Waals surface area contributed by atoms with E-state index >= 15 is 0 Å². The van der Waals surface area contributed by atoms with E-state index in [4.69, 9.17) is 10.5 Å². The summed E-state index contributed by atoms with van der Waals surface area (Å²) in [6.45, 7) is 1.47. The van der Waals surface area contributed by atoms with E-state index in [0.717, 1.165) is 5.56 Å². The Hall–Kier alpha value is -2.44. The number of carbonyl (C=O) groups is 1. The predicted molar refractivity (Wildman–Crippen MR) is 93.4 cm³/mol. The molecule has 3 N–H and O–H groups in total. The normalized spacial score (nSPS) is 12.1. The first-order valence-corrected chi connectivity index (χ1v) is 8.14. The number of halogens is 1. The Labute approximate surface area is 146 Å². The van der Waals surface area contributed by atoms with Gasteiger partial charge in [0, 0.05) is 26.1 Å². The number of nitrogens with two attached hydrogens (primary N) is 1. The number of aliphatic hydroxyl groups excluding tert-OH is 1. The van der Waals surface area contributed by atoms with Gasteiger partial charge < -0.3 is 15.6 Å². The monoisotopic (exact) mass is 346 g/mol. The van der Waals surface area contributed by atoms with Crippen molar-refractivity contribution in [3.05, 3.63) is 66.0 Å². The van der Waals surface area contributed by atoms with E-state index in [1.54, 1.807) is 0 Å². The summed E-state index contributed by atoms with van der Waals surface area (Å²) in [6.07, 6.45) is -0.528. The third-order valence-corrected chi connectivity index (χ3v) is 3.65. The van der Waals surface area contributed by atoms with Crippen molar-refractivity contribution in [2.45, 2.75) is 19.1 Å². The van der Waals surface area contributed by atoms with E-state index in [1.165, 1.54) is 24.3 Å². The van der Waals surface area contributed by atoms with E-state index in [1.807, 2.05) is 35.2 Å². The third kappa shape index (κ3) is 7.32. The quantitative estimate of drug-likeness (QED) is 0.689. The summed E-state index contributed by atoms with van der Waals surface area (Å²) in [4.78, 5) is 13.0. The Morgan fingerprint density at radius 3 is 2.48 bits per heavy atom. The van der Waals surface area contributed by atoms with E-state index in [-0.39, 0.29) is 24.8 Å². The summed E-state index contributed by atoms with van der Waals surface area (Å²) in [5, 5.41) is 10.2. The molecule has 0 aliphatic carbocycles. The largest absolute Gasteiger partial charge is 0.491 e. The minimum absolute atomic E-state index is 0.0769. The molecule has 0 saturated heterocycles. The van der Waals surface area contributed by atoms with Gasteiger partial charge in [0.15, 0.2) is 0 Å². The number of ether oxygens (including phenoxy) is 1. The van der Waals surface area contributed by atoms with Gasteiger partial charge in [0.25, 0.3) is 0 Å². The van der Waals surface area contributed by atoms with Crippen molar-refractivity contribution >= 4 is 5.91 Å². The second kappa shape index (κ2) is 9.76. The molecule has 1 atom stereocenters. The first kappa shape index (κ1) is 18.9. The number of hydrogen-bond donors (Lipinski definition) is 2. The average molecular weight is 346 g/mol. The highest BCUT2D eigenvalue weighted by molar-refractivity contribution is 5.73. The lowest BCUT2D eigenvalue weighted by Crippen LogP contribution is -2.37. The number of primary amides is 1. The van der Waals surface area contributed by atoms with Gasteiger partial charge in [-0.05, 0) is 29.8 Å². The number of carbonyl (C=O) groups excluding carboxylic acids is 1. The maximum absolute atomic E-state index is 12.9. The molecule has 0 saturated carbocycles. The fourth-order valence-electron chi connectivity index (χ4n) is 2.42. The van der Waals surface area contributed by atoms with Crippen LogP contribution in [0.3, 0.4) is 0 Å². The minimum atomic E-state index is -0.748. The van der Waals surface area contributed by atoms with Crippen LogP contribution in [0.5, 0.6) is 5.75 Å². The minimum Gasteiger partial charge on any atom is -0.491 e. The van der Waals surface area contributed by atoms with Crippen molar-refractivity contribution < 1.29 is 19.0 Å². The van der Waals surface area contributed by atoms with Crippen LogP contribution < -0.4 is 10.5 Å². The second-order valence-electron chi connectivity index (χ2n) is 5.86. The number of rotatable bonds is 10. The summed E-state index contributed by atoms with van der Waals surface area (Å²) < 4.78 is 18.3. The molecular formula is C19H23FN2O3. The third-order valence-electron chi connectivity index (χ3n) is 3.65. The number of aliphatic hydroxyl groups is 1. The summed E-state index contributed by atoms with van der Waals surface area (Å²) in [6, 6.07) is 15.4. The van der Waals surface area contributed by atoms with Gasteiger partial charge in [0.2, 0.25) is 5.91 Å². The molecule has 0 unspecified atom stereocenters. The van der Waals surface area contributed by atoms with Crippen molar-refractivity contribution in [1.82, 2.24) is 4.90 Å². The zero-order chi connectivity index (χ0) is 18.1. The van der Waals surface area contributed by atoms with Crippen LogP contribution in [0.1, 0.15) is 12.0 Å². The molecule has 25 heavy (non-hydrogen) atoms. The lowest BCUT2D eigenvalue weighted by Gasteiger charge is -2.25. The van der Waals surface area contributed by atoms with Crippen LogP contribution in [0.4, 0.5) is 4.39 Å². The van der Waals surface area contributed by atoms with Crippen LogP contribution in [0.25, 0.3) is 0 Å². The van der Waals surface area contributed by atoms with E-state index in [0.29, 0.717) is 25.4 Å². The summed E-state index contributed by atoms with van der Waals surface area (Å²) in [7, 11) is 0. The number of hydrogen-bond acceptors (Lipinski definition) is 4. The molecule has 0 heterocycles. The molecule has 0 radical (unpaired) electrons. The first-order chi connectivity index (χ1) is 12.0. The number of benzene rings is 2. The molecule has 0 bridgehead atoms. The molecule has 0 aromatic heterocycles. The maximum Gasteiger partial charge on any atom is 0.218 e. The predicted octanol–water partition coefficient (Wildman–Crippen LogP) is 1.94. The van der Waals surface area contributed by atoms with Gasteiger partial charge in [-0.25, -0.2) is 4.39 Å². The van der Waals surface area contributed by atoms with E-state index in [9.17, 15) is 14.3 Å². The van der Waals surface area contributed by atoms with Gasteiger partial charge in [-0.2, -0.15) is 0 Å². The van der Waals surface area contributed by atoms with Crippen molar-refractivity contribution in [1.29, 1.82) is 0 Å². The zero-order valence-electron chi connectivity index (χ0n) is 14.0. The van der Waals surface area contributed by atoms with Gasteiger partial charge in [-0.3, -0.25) is 9.69 Å². The molecule has 0 spiro atoms. The highest BCUT2D eigenvalue weighted by Crippen LogP contribution is 2.12. The molecule has 0 aliphatic rings. The van der Waals surface area contributed by atoms with Crippen molar-refractivity contribution in [2.24, 2.45) is 5.73 Å². The molecule has 0 fully saturated rings. The summed E-state index contributed by atoms with van der Waals surface area (Å²) in [5.74, 6) is -0.226.